The molecule has 1 aliphatic rings. The van der Waals surface area contributed by atoms with Gasteiger partial charge in [0, 0.05) is 26.1 Å². The number of halogens is 1. The van der Waals surface area contributed by atoms with Crippen molar-refractivity contribution in [2.45, 2.75) is 19.9 Å². The van der Waals surface area contributed by atoms with Crippen molar-refractivity contribution in [2.24, 2.45) is 0 Å². The number of aromatic nitrogens is 2. The van der Waals surface area contributed by atoms with Crippen molar-refractivity contribution in [1.82, 2.24) is 14.5 Å². The summed E-state index contributed by atoms with van der Waals surface area (Å²) < 4.78 is 15.0. The molecule has 25 heavy (non-hydrogen) atoms. The average Bonchev–Trinajstić information content (AvgIpc) is 2.84. The van der Waals surface area contributed by atoms with Gasteiger partial charge in [-0.2, -0.15) is 0 Å². The highest BCUT2D eigenvalue weighted by molar-refractivity contribution is 5.83. The number of nitrogens with zero attached hydrogens (tertiary/aromatic N) is 3. The minimum Gasteiger partial charge on any atom is -0.301 e. The fraction of sp³-hybridized carbons (Fsp3) is 0.300. The maximum Gasteiger partial charge on any atom is 0.261 e. The smallest absolute Gasteiger partial charge is 0.261 e. The van der Waals surface area contributed by atoms with Gasteiger partial charge in [0.15, 0.2) is 0 Å². The molecular formula is C20H20FN3O. The molecule has 2 aromatic carbocycles. The van der Waals surface area contributed by atoms with Crippen LogP contribution in [0, 0.1) is 5.82 Å². The first-order valence-corrected chi connectivity index (χ1v) is 8.67. The predicted molar refractivity (Wildman–Crippen MR) is 97.2 cm³/mol. The van der Waals surface area contributed by atoms with Crippen LogP contribution in [0.2, 0.25) is 0 Å². The van der Waals surface area contributed by atoms with Crippen LogP contribution in [-0.2, 0) is 13.0 Å². The van der Waals surface area contributed by atoms with E-state index in [1.807, 2.05) is 22.8 Å². The molecule has 0 atom stereocenters. The second-order valence-electron chi connectivity index (χ2n) is 6.41. The van der Waals surface area contributed by atoms with Crippen LogP contribution >= 0.6 is 0 Å². The Hall–Kier alpha value is -2.53. The number of likely N-dealkylation sites (N-methyl/N-ethyl adjacent to an activating group) is 1. The van der Waals surface area contributed by atoms with Crippen LogP contribution in [0.4, 0.5) is 4.39 Å². The number of fused-ring (bicyclic) bond motifs is 2. The van der Waals surface area contributed by atoms with Gasteiger partial charge in [-0.05, 0) is 41.9 Å². The van der Waals surface area contributed by atoms with Crippen LogP contribution in [0.5, 0.6) is 0 Å². The zero-order chi connectivity index (χ0) is 17.4. The number of benzene rings is 2. The lowest BCUT2D eigenvalue weighted by Gasteiger charge is -2.15. The van der Waals surface area contributed by atoms with Crippen molar-refractivity contribution in [2.75, 3.05) is 19.6 Å². The fourth-order valence-corrected chi connectivity index (χ4v) is 3.44. The summed E-state index contributed by atoms with van der Waals surface area (Å²) in [5.41, 5.74) is 2.59. The lowest BCUT2D eigenvalue weighted by molar-refractivity contribution is 0.294. The van der Waals surface area contributed by atoms with Crippen LogP contribution in [0.25, 0.3) is 22.0 Å². The Bertz CT molecular complexity index is 979. The molecule has 5 heteroatoms. The van der Waals surface area contributed by atoms with Crippen molar-refractivity contribution in [3.05, 3.63) is 64.5 Å². The summed E-state index contributed by atoms with van der Waals surface area (Å²) in [7, 11) is 0. The van der Waals surface area contributed by atoms with Gasteiger partial charge in [-0.25, -0.2) is 9.37 Å². The van der Waals surface area contributed by atoms with Crippen molar-refractivity contribution in [3.63, 3.8) is 0 Å². The largest absolute Gasteiger partial charge is 0.301 e. The molecular weight excluding hydrogens is 317 g/mol. The minimum atomic E-state index is -0.258. The van der Waals surface area contributed by atoms with Gasteiger partial charge >= 0.3 is 0 Å². The van der Waals surface area contributed by atoms with Crippen molar-refractivity contribution in [1.29, 1.82) is 0 Å². The van der Waals surface area contributed by atoms with Gasteiger partial charge in [-0.1, -0.05) is 25.1 Å². The SMILES string of the molecule is CCN1CCc2nc3cc(-c4ccc(F)cc4)ccc3c(=O)n2CC1. The van der Waals surface area contributed by atoms with Crippen LogP contribution in [0.1, 0.15) is 12.7 Å². The predicted octanol–water partition coefficient (Wildman–Crippen LogP) is 3.08. The molecule has 0 aliphatic carbocycles. The van der Waals surface area contributed by atoms with Gasteiger partial charge in [0.1, 0.15) is 11.6 Å². The number of hydrogen-bond donors (Lipinski definition) is 0. The summed E-state index contributed by atoms with van der Waals surface area (Å²) in [5.74, 6) is 0.594. The summed E-state index contributed by atoms with van der Waals surface area (Å²) in [6.45, 7) is 5.61. The molecule has 3 aromatic rings. The first-order chi connectivity index (χ1) is 12.2. The molecule has 128 valence electrons. The maximum atomic E-state index is 13.1. The van der Waals surface area contributed by atoms with Crippen LogP contribution in [0.15, 0.2) is 47.3 Å². The van der Waals surface area contributed by atoms with Gasteiger partial charge in [0.25, 0.3) is 5.56 Å². The molecule has 4 rings (SSSR count). The molecule has 0 fully saturated rings. The topological polar surface area (TPSA) is 38.1 Å². The molecule has 0 saturated heterocycles. The van der Waals surface area contributed by atoms with Gasteiger partial charge in [0.05, 0.1) is 10.9 Å². The van der Waals surface area contributed by atoms with E-state index in [1.54, 1.807) is 12.1 Å². The third-order valence-electron chi connectivity index (χ3n) is 4.95. The zero-order valence-electron chi connectivity index (χ0n) is 14.2. The molecule has 0 spiro atoms. The highest BCUT2D eigenvalue weighted by atomic mass is 19.1. The highest BCUT2D eigenvalue weighted by Crippen LogP contribution is 2.23. The van der Waals surface area contributed by atoms with Crippen LogP contribution in [0.3, 0.4) is 0 Å². The normalized spacial score (nSPS) is 15.1. The Morgan fingerprint density at radius 3 is 2.56 bits per heavy atom. The second-order valence-corrected chi connectivity index (χ2v) is 6.41. The Balaban J connectivity index is 1.81. The second kappa shape index (κ2) is 6.41. The molecule has 0 saturated carbocycles. The van der Waals surface area contributed by atoms with Gasteiger partial charge < -0.3 is 4.90 Å². The van der Waals surface area contributed by atoms with Crippen LogP contribution < -0.4 is 5.56 Å². The summed E-state index contributed by atoms with van der Waals surface area (Å²) in [6, 6.07) is 12.0. The maximum absolute atomic E-state index is 13.1. The average molecular weight is 337 g/mol. The first kappa shape index (κ1) is 16.0. The van der Waals surface area contributed by atoms with E-state index in [4.69, 9.17) is 4.98 Å². The fourth-order valence-electron chi connectivity index (χ4n) is 3.44. The van der Waals surface area contributed by atoms with Crippen molar-refractivity contribution >= 4 is 10.9 Å². The van der Waals surface area contributed by atoms with Crippen molar-refractivity contribution in [3.8, 4) is 11.1 Å². The van der Waals surface area contributed by atoms with Crippen molar-refractivity contribution < 1.29 is 4.39 Å². The quantitative estimate of drug-likeness (QED) is 0.721. The van der Waals surface area contributed by atoms with Gasteiger partial charge in [-0.15, -0.1) is 0 Å². The summed E-state index contributed by atoms with van der Waals surface area (Å²) in [5, 5.41) is 0.638. The van der Waals surface area contributed by atoms with Gasteiger partial charge in [0.2, 0.25) is 0 Å². The van der Waals surface area contributed by atoms with E-state index in [0.29, 0.717) is 17.4 Å². The monoisotopic (exact) mass is 337 g/mol. The van der Waals surface area contributed by atoms with E-state index in [-0.39, 0.29) is 11.4 Å². The Morgan fingerprint density at radius 1 is 1.04 bits per heavy atom. The molecule has 0 radical (unpaired) electrons. The Labute approximate surface area is 145 Å². The zero-order valence-corrected chi connectivity index (χ0v) is 14.2. The van der Waals surface area contributed by atoms with E-state index in [9.17, 15) is 9.18 Å². The Kier molecular flexibility index (Phi) is 4.09. The summed E-state index contributed by atoms with van der Waals surface area (Å²) in [4.78, 5) is 20.0. The summed E-state index contributed by atoms with van der Waals surface area (Å²) in [6.07, 6.45) is 0.778. The molecule has 1 aliphatic heterocycles. The first-order valence-electron chi connectivity index (χ1n) is 8.67. The van der Waals surface area contributed by atoms with E-state index >= 15 is 0 Å². The molecule has 0 N–H and O–H groups in total. The van der Waals surface area contributed by atoms with Gasteiger partial charge in [-0.3, -0.25) is 9.36 Å². The molecule has 0 bridgehead atoms. The standard InChI is InChI=1S/C20H20FN3O/c1-2-23-10-9-19-22-18-13-15(14-3-6-16(21)7-4-14)5-8-17(18)20(25)24(19)12-11-23/h3-8,13H,2,9-12H2,1H3. The molecule has 0 unspecified atom stereocenters. The molecule has 2 heterocycles. The van der Waals surface area contributed by atoms with Crippen LogP contribution in [-0.4, -0.2) is 34.1 Å². The van der Waals surface area contributed by atoms with E-state index in [0.717, 1.165) is 43.0 Å². The van der Waals surface area contributed by atoms with E-state index < -0.39 is 0 Å². The lowest BCUT2D eigenvalue weighted by atomic mass is 10.0. The molecule has 0 amide bonds. The highest BCUT2D eigenvalue weighted by Gasteiger charge is 2.17. The molecule has 4 nitrogen and oxygen atoms in total. The van der Waals surface area contributed by atoms with E-state index in [1.165, 1.54) is 12.1 Å². The number of hydrogen-bond acceptors (Lipinski definition) is 3. The third kappa shape index (κ3) is 2.96. The minimum absolute atomic E-state index is 0.0311. The number of rotatable bonds is 2. The Morgan fingerprint density at radius 2 is 1.80 bits per heavy atom. The lowest BCUT2D eigenvalue weighted by Crippen LogP contribution is -2.28. The summed E-state index contributed by atoms with van der Waals surface area (Å²) >= 11 is 0. The third-order valence-corrected chi connectivity index (χ3v) is 4.95. The molecule has 1 aromatic heterocycles. The van der Waals surface area contributed by atoms with E-state index in [2.05, 4.69) is 11.8 Å².